The molecular formula is C15H12Cl2N2O2. The minimum absolute atomic E-state index is 0.221. The standard InChI is InChI=1S/C15H12Cl2N2O2/c1-9(20)18-13-4-2-3-5-14(13)19-15(21)11-7-6-10(16)8-12(11)17/h2-8H,1H3,(H,18,20)(H,19,21). The number of hydrogen-bond acceptors (Lipinski definition) is 2. The maximum Gasteiger partial charge on any atom is 0.257 e. The zero-order valence-corrected chi connectivity index (χ0v) is 12.6. The van der Waals surface area contributed by atoms with Gasteiger partial charge >= 0.3 is 0 Å². The van der Waals surface area contributed by atoms with Crippen LogP contribution in [-0.2, 0) is 4.79 Å². The molecule has 0 saturated carbocycles. The summed E-state index contributed by atoms with van der Waals surface area (Å²) in [5.41, 5.74) is 1.31. The molecule has 0 unspecified atom stereocenters. The summed E-state index contributed by atoms with van der Waals surface area (Å²) in [5.74, 6) is -0.601. The second kappa shape index (κ2) is 6.61. The van der Waals surface area contributed by atoms with Gasteiger partial charge in [0.1, 0.15) is 0 Å². The van der Waals surface area contributed by atoms with Gasteiger partial charge in [0.05, 0.1) is 22.0 Å². The Bertz CT molecular complexity index is 702. The summed E-state index contributed by atoms with van der Waals surface area (Å²) in [5, 5.41) is 6.07. The number of carbonyl (C=O) groups is 2. The molecule has 0 fully saturated rings. The predicted octanol–water partition coefficient (Wildman–Crippen LogP) is 4.20. The normalized spacial score (nSPS) is 10.0. The van der Waals surface area contributed by atoms with Gasteiger partial charge in [0.25, 0.3) is 5.91 Å². The number of carbonyl (C=O) groups excluding carboxylic acids is 2. The van der Waals surface area contributed by atoms with E-state index < -0.39 is 0 Å². The van der Waals surface area contributed by atoms with E-state index in [1.807, 2.05) is 0 Å². The van der Waals surface area contributed by atoms with Crippen LogP contribution in [0.5, 0.6) is 0 Å². The Labute approximate surface area is 132 Å². The molecule has 2 aromatic carbocycles. The van der Waals surface area contributed by atoms with Gasteiger partial charge < -0.3 is 10.6 Å². The molecule has 0 radical (unpaired) electrons. The molecule has 0 aliphatic heterocycles. The molecule has 2 aromatic rings. The van der Waals surface area contributed by atoms with Crippen LogP contribution < -0.4 is 10.6 Å². The monoisotopic (exact) mass is 322 g/mol. The van der Waals surface area contributed by atoms with Crippen LogP contribution in [0.25, 0.3) is 0 Å². The zero-order valence-electron chi connectivity index (χ0n) is 11.1. The van der Waals surface area contributed by atoms with Gasteiger partial charge in [-0.1, -0.05) is 35.3 Å². The van der Waals surface area contributed by atoms with Crippen LogP contribution in [0.15, 0.2) is 42.5 Å². The van der Waals surface area contributed by atoms with Gasteiger partial charge in [0.2, 0.25) is 5.91 Å². The van der Waals surface area contributed by atoms with E-state index in [-0.39, 0.29) is 16.8 Å². The second-order valence-electron chi connectivity index (χ2n) is 4.31. The minimum atomic E-state index is -0.380. The van der Waals surface area contributed by atoms with Crippen molar-refractivity contribution in [2.24, 2.45) is 0 Å². The van der Waals surface area contributed by atoms with Crippen molar-refractivity contribution in [3.05, 3.63) is 58.1 Å². The summed E-state index contributed by atoms with van der Waals surface area (Å²) < 4.78 is 0. The average molecular weight is 323 g/mol. The van der Waals surface area contributed by atoms with Crippen LogP contribution in [0.2, 0.25) is 10.0 Å². The van der Waals surface area contributed by atoms with E-state index >= 15 is 0 Å². The molecule has 0 spiro atoms. The van der Waals surface area contributed by atoms with Crippen molar-refractivity contribution in [2.45, 2.75) is 6.92 Å². The smallest absolute Gasteiger partial charge is 0.257 e. The van der Waals surface area contributed by atoms with Crippen LogP contribution in [-0.4, -0.2) is 11.8 Å². The molecule has 2 amide bonds. The van der Waals surface area contributed by atoms with Crippen LogP contribution in [0.4, 0.5) is 11.4 Å². The molecule has 0 aliphatic carbocycles. The number of para-hydroxylation sites is 2. The van der Waals surface area contributed by atoms with E-state index in [0.29, 0.717) is 22.0 Å². The topological polar surface area (TPSA) is 58.2 Å². The van der Waals surface area contributed by atoms with Crippen molar-refractivity contribution < 1.29 is 9.59 Å². The van der Waals surface area contributed by atoms with Crippen molar-refractivity contribution in [1.82, 2.24) is 0 Å². The Hall–Kier alpha value is -2.04. The van der Waals surface area contributed by atoms with E-state index in [0.717, 1.165) is 0 Å². The minimum Gasteiger partial charge on any atom is -0.325 e. The molecule has 0 aromatic heterocycles. The molecule has 0 atom stereocenters. The number of anilines is 2. The van der Waals surface area contributed by atoms with Crippen LogP contribution in [0, 0.1) is 0 Å². The molecule has 6 heteroatoms. The number of nitrogens with one attached hydrogen (secondary N) is 2. The maximum absolute atomic E-state index is 12.2. The highest BCUT2D eigenvalue weighted by Gasteiger charge is 2.13. The van der Waals surface area contributed by atoms with E-state index in [9.17, 15) is 9.59 Å². The lowest BCUT2D eigenvalue weighted by atomic mass is 10.2. The van der Waals surface area contributed by atoms with Crippen molar-refractivity contribution in [2.75, 3.05) is 10.6 Å². The highest BCUT2D eigenvalue weighted by atomic mass is 35.5. The first kappa shape index (κ1) is 15.4. The SMILES string of the molecule is CC(=O)Nc1ccccc1NC(=O)c1ccc(Cl)cc1Cl. The Morgan fingerprint density at radius 2 is 1.57 bits per heavy atom. The number of halogens is 2. The van der Waals surface area contributed by atoms with Crippen LogP contribution in [0.3, 0.4) is 0 Å². The van der Waals surface area contributed by atoms with Crippen molar-refractivity contribution >= 4 is 46.4 Å². The van der Waals surface area contributed by atoms with Gasteiger partial charge in [0.15, 0.2) is 0 Å². The first-order valence-electron chi connectivity index (χ1n) is 6.10. The summed E-state index contributed by atoms with van der Waals surface area (Å²) in [4.78, 5) is 23.4. The zero-order chi connectivity index (χ0) is 15.4. The van der Waals surface area contributed by atoms with E-state index in [4.69, 9.17) is 23.2 Å². The third-order valence-electron chi connectivity index (χ3n) is 2.66. The lowest BCUT2D eigenvalue weighted by Crippen LogP contribution is -2.15. The summed E-state index contributed by atoms with van der Waals surface area (Å²) >= 11 is 11.8. The van der Waals surface area contributed by atoms with Gasteiger partial charge in [-0.05, 0) is 30.3 Å². The summed E-state index contributed by atoms with van der Waals surface area (Å²) in [7, 11) is 0. The third kappa shape index (κ3) is 3.97. The highest BCUT2D eigenvalue weighted by Crippen LogP contribution is 2.25. The van der Waals surface area contributed by atoms with Crippen LogP contribution in [0.1, 0.15) is 17.3 Å². The molecule has 108 valence electrons. The Balaban J connectivity index is 2.25. The van der Waals surface area contributed by atoms with Crippen molar-refractivity contribution in [3.63, 3.8) is 0 Å². The Kier molecular flexibility index (Phi) is 4.83. The molecule has 2 rings (SSSR count). The highest BCUT2D eigenvalue weighted by molar-refractivity contribution is 6.37. The van der Waals surface area contributed by atoms with Gasteiger partial charge in [0, 0.05) is 11.9 Å². The number of benzene rings is 2. The second-order valence-corrected chi connectivity index (χ2v) is 5.15. The number of rotatable bonds is 3. The molecule has 0 saturated heterocycles. The molecule has 0 aliphatic rings. The molecule has 0 heterocycles. The van der Waals surface area contributed by atoms with Crippen molar-refractivity contribution in [3.8, 4) is 0 Å². The van der Waals surface area contributed by atoms with E-state index in [2.05, 4.69) is 10.6 Å². The van der Waals surface area contributed by atoms with E-state index in [1.165, 1.54) is 13.0 Å². The predicted molar refractivity (Wildman–Crippen MR) is 85.2 cm³/mol. The molecule has 0 bridgehead atoms. The fraction of sp³-hybridized carbons (Fsp3) is 0.0667. The van der Waals surface area contributed by atoms with Crippen molar-refractivity contribution in [1.29, 1.82) is 0 Å². The molecule has 4 nitrogen and oxygen atoms in total. The molecular weight excluding hydrogens is 311 g/mol. The van der Waals surface area contributed by atoms with Gasteiger partial charge in [-0.2, -0.15) is 0 Å². The lowest BCUT2D eigenvalue weighted by Gasteiger charge is -2.12. The number of hydrogen-bond donors (Lipinski definition) is 2. The Morgan fingerprint density at radius 3 is 2.14 bits per heavy atom. The largest absolute Gasteiger partial charge is 0.325 e. The van der Waals surface area contributed by atoms with Gasteiger partial charge in [-0.3, -0.25) is 9.59 Å². The summed E-state index contributed by atoms with van der Waals surface area (Å²) in [6.07, 6.45) is 0. The first-order valence-corrected chi connectivity index (χ1v) is 6.86. The fourth-order valence-electron chi connectivity index (χ4n) is 1.75. The first-order chi connectivity index (χ1) is 9.97. The van der Waals surface area contributed by atoms with Gasteiger partial charge in [-0.25, -0.2) is 0 Å². The molecule has 2 N–H and O–H groups in total. The summed E-state index contributed by atoms with van der Waals surface area (Å²) in [6, 6.07) is 11.5. The fourth-order valence-corrected chi connectivity index (χ4v) is 2.25. The van der Waals surface area contributed by atoms with Gasteiger partial charge in [-0.15, -0.1) is 0 Å². The van der Waals surface area contributed by atoms with Crippen LogP contribution >= 0.6 is 23.2 Å². The van der Waals surface area contributed by atoms with E-state index in [1.54, 1.807) is 36.4 Å². The third-order valence-corrected chi connectivity index (χ3v) is 3.21. The lowest BCUT2D eigenvalue weighted by molar-refractivity contribution is -0.114. The quantitative estimate of drug-likeness (QED) is 0.889. The Morgan fingerprint density at radius 1 is 0.952 bits per heavy atom. The average Bonchev–Trinajstić information content (AvgIpc) is 2.40. The molecule has 21 heavy (non-hydrogen) atoms. The summed E-state index contributed by atoms with van der Waals surface area (Å²) in [6.45, 7) is 1.40. The number of amides is 2. The maximum atomic E-state index is 12.2.